The highest BCUT2D eigenvalue weighted by atomic mass is 32.1. The molecule has 0 aliphatic heterocycles. The van der Waals surface area contributed by atoms with Crippen molar-refractivity contribution in [2.75, 3.05) is 7.11 Å². The third-order valence-corrected chi connectivity index (χ3v) is 4.34. The number of aromatic nitrogens is 1. The molecule has 1 heterocycles. The molecule has 23 heavy (non-hydrogen) atoms. The Labute approximate surface area is 133 Å². The maximum Gasteiger partial charge on any atom is 0.337 e. The summed E-state index contributed by atoms with van der Waals surface area (Å²) in [6.07, 6.45) is 0. The molecule has 3 rings (SSSR count). The lowest BCUT2D eigenvalue weighted by molar-refractivity contribution is 0.0600. The topological polar surface area (TPSA) is 65.4 Å². The highest BCUT2D eigenvalue weighted by molar-refractivity contribution is 7.15. The summed E-state index contributed by atoms with van der Waals surface area (Å²) >= 11 is 0.858. The van der Waals surface area contributed by atoms with Crippen molar-refractivity contribution in [3.8, 4) is 0 Å². The Kier molecular flexibility index (Phi) is 3.79. The second-order valence-electron chi connectivity index (χ2n) is 4.68. The quantitative estimate of drug-likeness (QED) is 0.677. The molecular weight excluding hydrogens is 321 g/mol. The summed E-state index contributed by atoms with van der Waals surface area (Å²) < 4.78 is 19.7. The third kappa shape index (κ3) is 2.55. The van der Waals surface area contributed by atoms with E-state index >= 15 is 0 Å². The molecule has 0 spiro atoms. The summed E-state index contributed by atoms with van der Waals surface area (Å²) in [6, 6.07) is 9.81. The predicted molar refractivity (Wildman–Crippen MR) is 83.6 cm³/mol. The summed E-state index contributed by atoms with van der Waals surface area (Å²) in [4.78, 5) is 36.2. The van der Waals surface area contributed by atoms with Crippen molar-refractivity contribution in [3.05, 3.63) is 69.8 Å². The zero-order valence-electron chi connectivity index (χ0n) is 11.9. The fraction of sp³-hybridized carbons (Fsp3) is 0.0625. The van der Waals surface area contributed by atoms with Crippen LogP contribution in [0.1, 0.15) is 20.7 Å². The molecule has 0 saturated carbocycles. The molecule has 0 aliphatic carbocycles. The van der Waals surface area contributed by atoms with E-state index in [4.69, 9.17) is 0 Å². The van der Waals surface area contributed by atoms with E-state index in [-0.39, 0.29) is 16.5 Å². The molecule has 3 aromatic rings. The Morgan fingerprint density at radius 3 is 2.61 bits per heavy atom. The van der Waals surface area contributed by atoms with Gasteiger partial charge in [0.15, 0.2) is 0 Å². The standard InChI is InChI=1S/C16H10FNO4S/c1-22-16(21)9-6-7-11-13(8-9)23-18(15(11)20)14(19)10-4-2-3-5-12(10)17/h2-8H,1H3. The SMILES string of the molecule is COC(=O)c1ccc2c(=O)n(C(=O)c3ccccc3F)sc2c1. The number of rotatable bonds is 2. The number of benzene rings is 2. The molecule has 116 valence electrons. The first-order chi connectivity index (χ1) is 11.0. The van der Waals surface area contributed by atoms with Gasteiger partial charge in [-0.3, -0.25) is 9.59 Å². The monoisotopic (exact) mass is 331 g/mol. The third-order valence-electron chi connectivity index (χ3n) is 3.30. The number of methoxy groups -OCH3 is 1. The van der Waals surface area contributed by atoms with Crippen LogP contribution >= 0.6 is 11.5 Å². The average Bonchev–Trinajstić information content (AvgIpc) is 2.90. The Morgan fingerprint density at radius 2 is 1.91 bits per heavy atom. The van der Waals surface area contributed by atoms with Gasteiger partial charge in [-0.25, -0.2) is 9.18 Å². The molecule has 5 nitrogen and oxygen atoms in total. The van der Waals surface area contributed by atoms with Crippen LogP contribution in [-0.4, -0.2) is 22.9 Å². The van der Waals surface area contributed by atoms with Gasteiger partial charge in [0.2, 0.25) is 0 Å². The highest BCUT2D eigenvalue weighted by Crippen LogP contribution is 2.20. The Morgan fingerprint density at radius 1 is 1.17 bits per heavy atom. The van der Waals surface area contributed by atoms with Crippen molar-refractivity contribution in [1.29, 1.82) is 0 Å². The zero-order chi connectivity index (χ0) is 16.6. The molecule has 1 aromatic heterocycles. The lowest BCUT2D eigenvalue weighted by Gasteiger charge is -2.00. The fourth-order valence-corrected chi connectivity index (χ4v) is 3.14. The molecule has 0 saturated heterocycles. The number of carbonyl (C=O) groups is 2. The smallest absolute Gasteiger partial charge is 0.337 e. The van der Waals surface area contributed by atoms with Gasteiger partial charge in [-0.05, 0) is 41.9 Å². The number of carbonyl (C=O) groups excluding carboxylic acids is 2. The van der Waals surface area contributed by atoms with Gasteiger partial charge >= 0.3 is 5.97 Å². The van der Waals surface area contributed by atoms with Crippen LogP contribution in [0.3, 0.4) is 0 Å². The minimum Gasteiger partial charge on any atom is -0.465 e. The normalized spacial score (nSPS) is 10.7. The van der Waals surface area contributed by atoms with Gasteiger partial charge in [0.1, 0.15) is 5.82 Å². The van der Waals surface area contributed by atoms with E-state index in [1.807, 2.05) is 0 Å². The average molecular weight is 331 g/mol. The maximum absolute atomic E-state index is 13.7. The van der Waals surface area contributed by atoms with Crippen molar-refractivity contribution in [2.45, 2.75) is 0 Å². The van der Waals surface area contributed by atoms with E-state index in [2.05, 4.69) is 4.74 Å². The van der Waals surface area contributed by atoms with Gasteiger partial charge in [0, 0.05) is 0 Å². The zero-order valence-corrected chi connectivity index (χ0v) is 12.7. The minimum absolute atomic E-state index is 0.186. The number of halogens is 1. The van der Waals surface area contributed by atoms with Crippen LogP contribution < -0.4 is 5.56 Å². The molecule has 0 bridgehead atoms. The lowest BCUT2D eigenvalue weighted by Crippen LogP contribution is -2.22. The Bertz CT molecular complexity index is 989. The van der Waals surface area contributed by atoms with Crippen molar-refractivity contribution in [3.63, 3.8) is 0 Å². The van der Waals surface area contributed by atoms with E-state index in [1.165, 1.54) is 43.5 Å². The second-order valence-corrected chi connectivity index (χ2v) is 5.67. The number of nitrogens with zero attached hydrogens (tertiary/aromatic N) is 1. The predicted octanol–water partition coefficient (Wildman–Crippen LogP) is 2.68. The molecule has 0 atom stereocenters. The molecule has 7 heteroatoms. The van der Waals surface area contributed by atoms with Crippen molar-refractivity contribution >= 4 is 33.5 Å². The summed E-state index contributed by atoms with van der Waals surface area (Å²) in [5, 5.41) is 0.285. The summed E-state index contributed by atoms with van der Waals surface area (Å²) in [5.41, 5.74) is -0.462. The van der Waals surface area contributed by atoms with Crippen LogP contribution in [0.2, 0.25) is 0 Å². The Balaban J connectivity index is 2.14. The van der Waals surface area contributed by atoms with Crippen LogP contribution in [0.15, 0.2) is 47.3 Å². The van der Waals surface area contributed by atoms with Crippen LogP contribution in [0, 0.1) is 5.82 Å². The van der Waals surface area contributed by atoms with Gasteiger partial charge in [-0.15, -0.1) is 0 Å². The van der Waals surface area contributed by atoms with Crippen LogP contribution in [-0.2, 0) is 4.74 Å². The van der Waals surface area contributed by atoms with Crippen LogP contribution in [0.4, 0.5) is 4.39 Å². The number of esters is 1. The van der Waals surface area contributed by atoms with Crippen molar-refractivity contribution in [1.82, 2.24) is 3.96 Å². The number of hydrogen-bond donors (Lipinski definition) is 0. The maximum atomic E-state index is 13.7. The van der Waals surface area contributed by atoms with E-state index in [0.717, 1.165) is 21.6 Å². The van der Waals surface area contributed by atoms with Crippen molar-refractivity contribution in [2.24, 2.45) is 0 Å². The van der Waals surface area contributed by atoms with Gasteiger partial charge in [-0.2, -0.15) is 3.96 Å². The van der Waals surface area contributed by atoms with Gasteiger partial charge < -0.3 is 4.74 Å². The van der Waals surface area contributed by atoms with E-state index < -0.39 is 23.3 Å². The molecule has 0 aliphatic rings. The first kappa shape index (κ1) is 15.1. The molecule has 0 unspecified atom stereocenters. The molecule has 2 aromatic carbocycles. The van der Waals surface area contributed by atoms with E-state index in [1.54, 1.807) is 0 Å². The number of fused-ring (bicyclic) bond motifs is 1. The van der Waals surface area contributed by atoms with Gasteiger partial charge in [0.25, 0.3) is 11.5 Å². The lowest BCUT2D eigenvalue weighted by atomic mass is 10.2. The second kappa shape index (κ2) is 5.77. The fourth-order valence-electron chi connectivity index (χ4n) is 2.15. The summed E-state index contributed by atoms with van der Waals surface area (Å²) in [6.45, 7) is 0. The summed E-state index contributed by atoms with van der Waals surface area (Å²) in [7, 11) is 1.25. The minimum atomic E-state index is -0.742. The Hall–Kier alpha value is -2.80. The number of hydrogen-bond acceptors (Lipinski definition) is 5. The first-order valence-electron chi connectivity index (χ1n) is 6.56. The van der Waals surface area contributed by atoms with Crippen molar-refractivity contribution < 1.29 is 18.7 Å². The van der Waals surface area contributed by atoms with Gasteiger partial charge in [-0.1, -0.05) is 12.1 Å². The molecule has 0 N–H and O–H groups in total. The highest BCUT2D eigenvalue weighted by Gasteiger charge is 2.19. The van der Waals surface area contributed by atoms with Crippen LogP contribution in [0.5, 0.6) is 0 Å². The van der Waals surface area contributed by atoms with E-state index in [9.17, 15) is 18.8 Å². The molecule has 0 fully saturated rings. The van der Waals surface area contributed by atoms with Gasteiger partial charge in [0.05, 0.1) is 28.3 Å². The summed E-state index contributed by atoms with van der Waals surface area (Å²) in [5.74, 6) is -1.98. The van der Waals surface area contributed by atoms with E-state index in [0.29, 0.717) is 4.70 Å². The van der Waals surface area contributed by atoms with Crippen LogP contribution in [0.25, 0.3) is 10.1 Å². The molecular formula is C16H10FNO4S. The molecule has 0 radical (unpaired) electrons. The molecule has 0 amide bonds. The largest absolute Gasteiger partial charge is 0.465 e. The number of ether oxygens (including phenoxy) is 1. The first-order valence-corrected chi connectivity index (χ1v) is 7.34.